The zero-order chi connectivity index (χ0) is 18.8. The van der Waals surface area contributed by atoms with E-state index in [9.17, 15) is 9.59 Å². The first-order valence-corrected chi connectivity index (χ1v) is 9.27. The maximum Gasteiger partial charge on any atom is 0.338 e. The standard InChI is InChI=1S/C21H24ClNO3/c1-2-3-14-26-21(25)17-7-5-8-19(15-17)23-20(24)9-4-6-16-10-12-18(22)13-11-16/h5,7-8,10-13,15H,2-4,6,9,14H2,1H3,(H,23,24). The van der Waals surface area contributed by atoms with Crippen LogP contribution in [0.1, 0.15) is 48.5 Å². The second-order valence-corrected chi connectivity index (χ2v) is 6.53. The fraction of sp³-hybridized carbons (Fsp3) is 0.333. The molecule has 0 fully saturated rings. The lowest BCUT2D eigenvalue weighted by atomic mass is 10.1. The maximum absolute atomic E-state index is 12.1. The molecule has 2 aromatic rings. The van der Waals surface area contributed by atoms with Crippen LogP contribution in [-0.4, -0.2) is 18.5 Å². The average molecular weight is 374 g/mol. The average Bonchev–Trinajstić information content (AvgIpc) is 2.64. The van der Waals surface area contributed by atoms with E-state index < -0.39 is 0 Å². The largest absolute Gasteiger partial charge is 0.462 e. The van der Waals surface area contributed by atoms with E-state index in [2.05, 4.69) is 5.32 Å². The highest BCUT2D eigenvalue weighted by atomic mass is 35.5. The maximum atomic E-state index is 12.1. The number of aryl methyl sites for hydroxylation is 1. The van der Waals surface area contributed by atoms with Crippen molar-refractivity contribution in [3.63, 3.8) is 0 Å². The highest BCUT2D eigenvalue weighted by Crippen LogP contribution is 2.14. The van der Waals surface area contributed by atoms with Gasteiger partial charge in [0.15, 0.2) is 0 Å². The second-order valence-electron chi connectivity index (χ2n) is 6.10. The van der Waals surface area contributed by atoms with E-state index in [-0.39, 0.29) is 11.9 Å². The molecule has 2 aromatic carbocycles. The van der Waals surface area contributed by atoms with E-state index in [1.807, 2.05) is 31.2 Å². The first kappa shape index (κ1) is 20.0. The minimum Gasteiger partial charge on any atom is -0.462 e. The number of ether oxygens (including phenoxy) is 1. The van der Waals surface area contributed by atoms with Gasteiger partial charge in [-0.2, -0.15) is 0 Å². The lowest BCUT2D eigenvalue weighted by molar-refractivity contribution is -0.116. The number of carbonyl (C=O) groups is 2. The van der Waals surface area contributed by atoms with Crippen LogP contribution in [0.4, 0.5) is 5.69 Å². The number of hydrogen-bond acceptors (Lipinski definition) is 3. The Hall–Kier alpha value is -2.33. The van der Waals surface area contributed by atoms with Gasteiger partial charge in [-0.05, 0) is 55.2 Å². The topological polar surface area (TPSA) is 55.4 Å². The lowest BCUT2D eigenvalue weighted by Gasteiger charge is -2.08. The van der Waals surface area contributed by atoms with Crippen molar-refractivity contribution in [2.45, 2.75) is 39.0 Å². The molecule has 0 saturated heterocycles. The third-order valence-corrected chi connectivity index (χ3v) is 4.15. The van der Waals surface area contributed by atoms with E-state index in [4.69, 9.17) is 16.3 Å². The number of nitrogens with one attached hydrogen (secondary N) is 1. The molecule has 26 heavy (non-hydrogen) atoms. The number of anilines is 1. The smallest absolute Gasteiger partial charge is 0.338 e. The molecule has 0 heterocycles. The molecule has 0 unspecified atom stereocenters. The molecule has 0 aliphatic rings. The monoisotopic (exact) mass is 373 g/mol. The van der Waals surface area contributed by atoms with Crippen LogP contribution in [0.15, 0.2) is 48.5 Å². The number of carbonyl (C=O) groups excluding carboxylic acids is 2. The van der Waals surface area contributed by atoms with Gasteiger partial charge in [-0.1, -0.05) is 43.1 Å². The van der Waals surface area contributed by atoms with Gasteiger partial charge in [0.1, 0.15) is 0 Å². The summed E-state index contributed by atoms with van der Waals surface area (Å²) in [6.07, 6.45) is 3.78. The summed E-state index contributed by atoms with van der Waals surface area (Å²) in [5.41, 5.74) is 2.20. The van der Waals surface area contributed by atoms with Gasteiger partial charge in [-0.15, -0.1) is 0 Å². The van der Waals surface area contributed by atoms with Crippen molar-refractivity contribution >= 4 is 29.2 Å². The minimum absolute atomic E-state index is 0.0736. The number of amides is 1. The summed E-state index contributed by atoms with van der Waals surface area (Å²) in [4.78, 5) is 24.1. The van der Waals surface area contributed by atoms with Gasteiger partial charge in [0, 0.05) is 17.1 Å². The molecule has 0 saturated carbocycles. The molecule has 5 heteroatoms. The van der Waals surface area contributed by atoms with Gasteiger partial charge >= 0.3 is 5.97 Å². The quantitative estimate of drug-likeness (QED) is 0.482. The molecule has 1 N–H and O–H groups in total. The summed E-state index contributed by atoms with van der Waals surface area (Å²) >= 11 is 5.86. The van der Waals surface area contributed by atoms with E-state index in [1.165, 1.54) is 0 Å². The van der Waals surface area contributed by atoms with Gasteiger partial charge in [0.2, 0.25) is 5.91 Å². The third kappa shape index (κ3) is 6.89. The van der Waals surface area contributed by atoms with Crippen molar-refractivity contribution in [1.29, 1.82) is 0 Å². The Morgan fingerprint density at radius 1 is 1.08 bits per heavy atom. The van der Waals surface area contributed by atoms with Gasteiger partial charge < -0.3 is 10.1 Å². The predicted molar refractivity (Wildman–Crippen MR) is 105 cm³/mol. The Morgan fingerprint density at radius 3 is 2.58 bits per heavy atom. The Bertz CT molecular complexity index is 728. The number of esters is 1. The molecule has 138 valence electrons. The number of hydrogen-bond donors (Lipinski definition) is 1. The van der Waals surface area contributed by atoms with Crippen molar-refractivity contribution in [1.82, 2.24) is 0 Å². The molecule has 0 bridgehead atoms. The van der Waals surface area contributed by atoms with Crippen LogP contribution >= 0.6 is 11.6 Å². The number of unbranched alkanes of at least 4 members (excludes halogenated alkanes) is 1. The number of rotatable bonds is 9. The van der Waals surface area contributed by atoms with Crippen LogP contribution in [0.2, 0.25) is 5.02 Å². The molecule has 0 atom stereocenters. The highest BCUT2D eigenvalue weighted by molar-refractivity contribution is 6.30. The van der Waals surface area contributed by atoms with Gasteiger partial charge in [0.25, 0.3) is 0 Å². The second kappa shape index (κ2) is 10.6. The van der Waals surface area contributed by atoms with Crippen LogP contribution < -0.4 is 5.32 Å². The zero-order valence-electron chi connectivity index (χ0n) is 15.0. The summed E-state index contributed by atoms with van der Waals surface area (Å²) in [6.45, 7) is 2.45. The summed E-state index contributed by atoms with van der Waals surface area (Å²) < 4.78 is 5.19. The Morgan fingerprint density at radius 2 is 1.85 bits per heavy atom. The Labute approximate surface area is 159 Å². The molecular formula is C21H24ClNO3. The summed E-state index contributed by atoms with van der Waals surface area (Å²) in [6, 6.07) is 14.5. The predicted octanol–water partition coefficient (Wildman–Crippen LogP) is 5.26. The van der Waals surface area contributed by atoms with Crippen LogP contribution in [0, 0.1) is 0 Å². The van der Waals surface area contributed by atoms with E-state index >= 15 is 0 Å². The van der Waals surface area contributed by atoms with Crippen molar-refractivity contribution in [2.75, 3.05) is 11.9 Å². The first-order chi connectivity index (χ1) is 12.6. The highest BCUT2D eigenvalue weighted by Gasteiger charge is 2.09. The molecule has 0 radical (unpaired) electrons. The normalized spacial score (nSPS) is 10.4. The van der Waals surface area contributed by atoms with Crippen LogP contribution in [0.25, 0.3) is 0 Å². The number of halogens is 1. The third-order valence-electron chi connectivity index (χ3n) is 3.90. The molecule has 4 nitrogen and oxygen atoms in total. The van der Waals surface area contributed by atoms with Gasteiger partial charge in [-0.3, -0.25) is 4.79 Å². The summed E-state index contributed by atoms with van der Waals surface area (Å²) in [5, 5.41) is 3.54. The van der Waals surface area contributed by atoms with E-state index in [1.54, 1.807) is 24.3 Å². The Kier molecular flexibility index (Phi) is 8.16. The van der Waals surface area contributed by atoms with Crippen molar-refractivity contribution in [3.8, 4) is 0 Å². The van der Waals surface area contributed by atoms with E-state index in [0.717, 1.165) is 31.2 Å². The number of benzene rings is 2. The first-order valence-electron chi connectivity index (χ1n) is 8.90. The fourth-order valence-corrected chi connectivity index (χ4v) is 2.57. The SMILES string of the molecule is CCCCOC(=O)c1cccc(NC(=O)CCCc2ccc(Cl)cc2)c1. The van der Waals surface area contributed by atoms with Crippen LogP contribution in [0.3, 0.4) is 0 Å². The van der Waals surface area contributed by atoms with Crippen LogP contribution in [-0.2, 0) is 16.0 Å². The zero-order valence-corrected chi connectivity index (χ0v) is 15.7. The lowest BCUT2D eigenvalue weighted by Crippen LogP contribution is -2.12. The molecule has 2 rings (SSSR count). The van der Waals surface area contributed by atoms with Crippen molar-refractivity contribution in [2.24, 2.45) is 0 Å². The van der Waals surface area contributed by atoms with Crippen LogP contribution in [0.5, 0.6) is 0 Å². The van der Waals surface area contributed by atoms with Gasteiger partial charge in [0.05, 0.1) is 12.2 Å². The fourth-order valence-electron chi connectivity index (χ4n) is 2.44. The van der Waals surface area contributed by atoms with Crippen molar-refractivity contribution < 1.29 is 14.3 Å². The summed E-state index contributed by atoms with van der Waals surface area (Å²) in [7, 11) is 0. The molecule has 1 amide bonds. The molecule has 0 aliphatic heterocycles. The molecular weight excluding hydrogens is 350 g/mol. The van der Waals surface area contributed by atoms with Gasteiger partial charge in [-0.25, -0.2) is 4.79 Å². The van der Waals surface area contributed by atoms with Crippen molar-refractivity contribution in [3.05, 3.63) is 64.7 Å². The molecule has 0 aliphatic carbocycles. The van der Waals surface area contributed by atoms with E-state index in [0.29, 0.717) is 29.3 Å². The summed E-state index contributed by atoms with van der Waals surface area (Å²) in [5.74, 6) is -0.437. The molecule has 0 aromatic heterocycles. The molecule has 0 spiro atoms. The minimum atomic E-state index is -0.364. The Balaban J connectivity index is 1.80.